The second-order valence-electron chi connectivity index (χ2n) is 2.81. The fraction of sp³-hybridized carbons (Fsp3) is 0.100. The van der Waals surface area contributed by atoms with E-state index in [0.717, 1.165) is 10.9 Å². The lowest BCUT2D eigenvalue weighted by atomic mass is 10.1. The summed E-state index contributed by atoms with van der Waals surface area (Å²) in [6.07, 6.45) is 0. The molecule has 2 aromatic rings. The van der Waals surface area contributed by atoms with Crippen LogP contribution < -0.4 is 0 Å². The van der Waals surface area contributed by atoms with Gasteiger partial charge in [-0.15, -0.1) is 22.9 Å². The van der Waals surface area contributed by atoms with Crippen LogP contribution in [-0.2, 0) is 5.88 Å². The average molecular weight is 226 g/mol. The fourth-order valence-electron chi connectivity index (χ4n) is 1.31. The van der Waals surface area contributed by atoms with Crippen molar-refractivity contribution >= 4 is 33.0 Å². The summed E-state index contributed by atoms with van der Waals surface area (Å²) in [5.74, 6) is -0.0721. The van der Waals surface area contributed by atoms with E-state index in [4.69, 9.17) is 16.9 Å². The van der Waals surface area contributed by atoms with Gasteiger partial charge in [0.05, 0.1) is 10.3 Å². The van der Waals surface area contributed by atoms with Gasteiger partial charge in [-0.05, 0) is 22.4 Å². The van der Waals surface area contributed by atoms with Gasteiger partial charge in [-0.25, -0.2) is 4.39 Å². The number of halogens is 2. The Balaban J connectivity index is 2.80. The standard InChI is InChI=1S/C10H5ClFNS/c11-3-7-5-14-10-8(7)2-1-6(4-13)9(10)12/h1-2,5H,3H2. The summed E-state index contributed by atoms with van der Waals surface area (Å²) in [5.41, 5.74) is 0.996. The van der Waals surface area contributed by atoms with Gasteiger partial charge in [-0.1, -0.05) is 6.07 Å². The van der Waals surface area contributed by atoms with Gasteiger partial charge in [-0.2, -0.15) is 5.26 Å². The van der Waals surface area contributed by atoms with E-state index in [9.17, 15) is 4.39 Å². The van der Waals surface area contributed by atoms with E-state index >= 15 is 0 Å². The second-order valence-corrected chi connectivity index (χ2v) is 3.96. The lowest BCUT2D eigenvalue weighted by Crippen LogP contribution is -1.83. The van der Waals surface area contributed by atoms with Crippen molar-refractivity contribution in [1.82, 2.24) is 0 Å². The minimum absolute atomic E-state index is 0.0838. The Hall–Kier alpha value is -1.11. The fourth-order valence-corrected chi connectivity index (χ4v) is 2.63. The van der Waals surface area contributed by atoms with Crippen LogP contribution >= 0.6 is 22.9 Å². The van der Waals surface area contributed by atoms with Gasteiger partial charge in [0, 0.05) is 5.88 Å². The van der Waals surface area contributed by atoms with Gasteiger partial charge in [0.1, 0.15) is 6.07 Å². The van der Waals surface area contributed by atoms with E-state index in [2.05, 4.69) is 0 Å². The number of rotatable bonds is 1. The summed E-state index contributed by atoms with van der Waals surface area (Å²) >= 11 is 6.98. The Morgan fingerprint density at radius 2 is 2.29 bits per heavy atom. The molecule has 2 rings (SSSR count). The molecular weight excluding hydrogens is 221 g/mol. The van der Waals surface area contributed by atoms with Gasteiger partial charge >= 0.3 is 0 Å². The summed E-state index contributed by atoms with van der Waals surface area (Å²) in [5, 5.41) is 11.3. The molecule has 0 aliphatic heterocycles. The number of fused-ring (bicyclic) bond motifs is 1. The molecule has 0 fully saturated rings. The number of hydrogen-bond donors (Lipinski definition) is 0. The highest BCUT2D eigenvalue weighted by Gasteiger charge is 2.11. The quantitative estimate of drug-likeness (QED) is 0.680. The van der Waals surface area contributed by atoms with E-state index < -0.39 is 5.82 Å². The number of nitrogens with zero attached hydrogens (tertiary/aromatic N) is 1. The van der Waals surface area contributed by atoms with Crippen LogP contribution in [0.25, 0.3) is 10.1 Å². The lowest BCUT2D eigenvalue weighted by Gasteiger charge is -1.96. The predicted molar refractivity (Wildman–Crippen MR) is 56.1 cm³/mol. The molecule has 0 saturated carbocycles. The molecule has 0 aliphatic rings. The van der Waals surface area contributed by atoms with Crippen molar-refractivity contribution in [3.05, 3.63) is 34.5 Å². The first kappa shape index (κ1) is 9.45. The smallest absolute Gasteiger partial charge is 0.158 e. The molecule has 1 heterocycles. The Bertz CT molecular complexity index is 527. The van der Waals surface area contributed by atoms with Crippen LogP contribution in [0, 0.1) is 17.1 Å². The molecule has 0 aliphatic carbocycles. The third kappa shape index (κ3) is 1.28. The lowest BCUT2D eigenvalue weighted by molar-refractivity contribution is 0.638. The van der Waals surface area contributed by atoms with E-state index in [1.807, 2.05) is 11.4 Å². The second kappa shape index (κ2) is 3.56. The summed E-state index contributed by atoms with van der Waals surface area (Å²) < 4.78 is 14.1. The topological polar surface area (TPSA) is 23.8 Å². The normalized spacial score (nSPS) is 10.4. The van der Waals surface area contributed by atoms with Crippen molar-refractivity contribution < 1.29 is 4.39 Å². The first-order chi connectivity index (χ1) is 6.77. The van der Waals surface area contributed by atoms with E-state index in [1.165, 1.54) is 17.4 Å². The third-order valence-electron chi connectivity index (χ3n) is 2.03. The van der Waals surface area contributed by atoms with E-state index in [1.54, 1.807) is 6.07 Å². The molecule has 0 spiro atoms. The zero-order valence-electron chi connectivity index (χ0n) is 7.05. The largest absolute Gasteiger partial charge is 0.204 e. The molecule has 14 heavy (non-hydrogen) atoms. The molecule has 1 nitrogen and oxygen atoms in total. The van der Waals surface area contributed by atoms with Crippen LogP contribution in [0.3, 0.4) is 0 Å². The van der Waals surface area contributed by atoms with Gasteiger partial charge in [0.15, 0.2) is 5.82 Å². The zero-order valence-corrected chi connectivity index (χ0v) is 8.62. The number of alkyl halides is 1. The first-order valence-corrected chi connectivity index (χ1v) is 5.34. The molecular formula is C10H5ClFNS. The molecule has 1 aromatic carbocycles. The summed E-state index contributed by atoms with van der Waals surface area (Å²) in [7, 11) is 0. The molecule has 0 N–H and O–H groups in total. The molecule has 0 bridgehead atoms. The average Bonchev–Trinajstić information content (AvgIpc) is 2.62. The van der Waals surface area contributed by atoms with Crippen LogP contribution in [0.4, 0.5) is 4.39 Å². The third-order valence-corrected chi connectivity index (χ3v) is 3.35. The molecule has 1 aromatic heterocycles. The molecule has 4 heteroatoms. The van der Waals surface area contributed by atoms with Crippen LogP contribution in [0.5, 0.6) is 0 Å². The molecule has 0 radical (unpaired) electrons. The number of benzene rings is 1. The summed E-state index contributed by atoms with van der Waals surface area (Å²) in [6, 6.07) is 5.04. The predicted octanol–water partition coefficient (Wildman–Crippen LogP) is 3.65. The number of nitriles is 1. The van der Waals surface area contributed by atoms with Crippen molar-refractivity contribution in [1.29, 1.82) is 5.26 Å². The summed E-state index contributed by atoms with van der Waals surface area (Å²) in [4.78, 5) is 0. The van der Waals surface area contributed by atoms with Gasteiger partial charge in [0.25, 0.3) is 0 Å². The van der Waals surface area contributed by atoms with Gasteiger partial charge < -0.3 is 0 Å². The maximum Gasteiger partial charge on any atom is 0.158 e. The zero-order chi connectivity index (χ0) is 10.1. The first-order valence-electron chi connectivity index (χ1n) is 3.92. The monoisotopic (exact) mass is 225 g/mol. The highest BCUT2D eigenvalue weighted by atomic mass is 35.5. The van der Waals surface area contributed by atoms with Crippen LogP contribution in [0.2, 0.25) is 0 Å². The van der Waals surface area contributed by atoms with Crippen molar-refractivity contribution in [2.24, 2.45) is 0 Å². The number of hydrogen-bond acceptors (Lipinski definition) is 2. The molecule has 0 saturated heterocycles. The molecule has 0 atom stereocenters. The minimum Gasteiger partial charge on any atom is -0.204 e. The van der Waals surface area contributed by atoms with Gasteiger partial charge in [0.2, 0.25) is 0 Å². The summed E-state index contributed by atoms with van der Waals surface area (Å²) in [6.45, 7) is 0. The Morgan fingerprint density at radius 3 is 2.93 bits per heavy atom. The highest BCUT2D eigenvalue weighted by molar-refractivity contribution is 7.17. The van der Waals surface area contributed by atoms with Crippen molar-refractivity contribution in [3.8, 4) is 6.07 Å². The SMILES string of the molecule is N#Cc1ccc2c(CCl)csc2c1F. The molecule has 0 unspecified atom stereocenters. The highest BCUT2D eigenvalue weighted by Crippen LogP contribution is 2.30. The maximum absolute atomic E-state index is 13.6. The Kier molecular flexibility index (Phi) is 2.40. The number of thiophene rings is 1. The molecule has 70 valence electrons. The van der Waals surface area contributed by atoms with Crippen molar-refractivity contribution in [2.75, 3.05) is 0 Å². The van der Waals surface area contributed by atoms with Crippen LogP contribution in [0.15, 0.2) is 17.5 Å². The van der Waals surface area contributed by atoms with E-state index in [0.29, 0.717) is 10.6 Å². The van der Waals surface area contributed by atoms with E-state index in [-0.39, 0.29) is 5.56 Å². The van der Waals surface area contributed by atoms with Crippen molar-refractivity contribution in [3.63, 3.8) is 0 Å². The minimum atomic E-state index is -0.439. The van der Waals surface area contributed by atoms with Gasteiger partial charge in [-0.3, -0.25) is 0 Å². The maximum atomic E-state index is 13.6. The molecule has 0 amide bonds. The van der Waals surface area contributed by atoms with Crippen LogP contribution in [0.1, 0.15) is 11.1 Å². The van der Waals surface area contributed by atoms with Crippen LogP contribution in [-0.4, -0.2) is 0 Å². The van der Waals surface area contributed by atoms with Crippen molar-refractivity contribution in [2.45, 2.75) is 5.88 Å². The Morgan fingerprint density at radius 1 is 1.50 bits per heavy atom. The Labute approximate surface area is 89.3 Å².